The van der Waals surface area contributed by atoms with Crippen LogP contribution in [-0.2, 0) is 6.18 Å². The fourth-order valence-corrected chi connectivity index (χ4v) is 3.32. The van der Waals surface area contributed by atoms with Gasteiger partial charge in [0, 0.05) is 11.8 Å². The molecular weight excluding hydrogens is 411 g/mol. The fraction of sp³-hybridized carbons (Fsp3) is 0.0435. The molecule has 0 spiro atoms. The molecule has 2 aromatic heterocycles. The molecule has 30 heavy (non-hydrogen) atoms. The van der Waals surface area contributed by atoms with Crippen LogP contribution in [0.25, 0.3) is 28.6 Å². The largest absolute Gasteiger partial charge is 0.416 e. The molecule has 148 valence electrons. The highest BCUT2D eigenvalue weighted by Crippen LogP contribution is 2.33. The molecule has 0 atom stereocenters. The maximum atomic E-state index is 13.1. The number of allylic oxidation sites excluding steroid dienone is 1. The van der Waals surface area contributed by atoms with Crippen molar-refractivity contribution in [3.8, 4) is 17.3 Å². The number of aromatic nitrogens is 2. The third-order valence-electron chi connectivity index (χ3n) is 4.57. The van der Waals surface area contributed by atoms with E-state index in [0.717, 1.165) is 17.7 Å². The molecule has 2 aromatic carbocycles. The molecule has 0 aliphatic rings. The summed E-state index contributed by atoms with van der Waals surface area (Å²) in [4.78, 5) is 4.63. The van der Waals surface area contributed by atoms with Gasteiger partial charge in [0.2, 0.25) is 0 Å². The number of rotatable bonds is 3. The van der Waals surface area contributed by atoms with E-state index in [1.807, 2.05) is 36.4 Å². The number of pyridine rings is 1. The van der Waals surface area contributed by atoms with Crippen LogP contribution in [0.1, 0.15) is 16.8 Å². The molecule has 0 radical (unpaired) electrons. The number of benzene rings is 2. The SMILES string of the molecule is N#C/C(=C\c1c(-c2ccccc2)nc2ccc(Cl)cn12)c1cccc(C(F)(F)F)c1. The van der Waals surface area contributed by atoms with Crippen LogP contribution >= 0.6 is 11.6 Å². The Balaban J connectivity index is 1.95. The molecule has 4 aromatic rings. The summed E-state index contributed by atoms with van der Waals surface area (Å²) in [6.07, 6.45) is -1.31. The normalized spacial score (nSPS) is 12.2. The van der Waals surface area contributed by atoms with Gasteiger partial charge in [-0.2, -0.15) is 18.4 Å². The second-order valence-electron chi connectivity index (χ2n) is 6.54. The Morgan fingerprint density at radius 1 is 1.03 bits per heavy atom. The van der Waals surface area contributed by atoms with Crippen LogP contribution in [0.4, 0.5) is 13.2 Å². The zero-order valence-electron chi connectivity index (χ0n) is 15.4. The fourth-order valence-electron chi connectivity index (χ4n) is 3.16. The van der Waals surface area contributed by atoms with Crippen molar-refractivity contribution < 1.29 is 13.2 Å². The van der Waals surface area contributed by atoms with E-state index in [1.54, 1.807) is 22.7 Å². The molecule has 0 aliphatic carbocycles. The zero-order valence-corrected chi connectivity index (χ0v) is 16.1. The Morgan fingerprint density at radius 3 is 2.50 bits per heavy atom. The number of halogens is 4. The number of nitrogens with zero attached hydrogens (tertiary/aromatic N) is 3. The molecule has 4 rings (SSSR count). The van der Waals surface area contributed by atoms with Gasteiger partial charge in [0.05, 0.1) is 33.6 Å². The zero-order chi connectivity index (χ0) is 21.3. The third-order valence-corrected chi connectivity index (χ3v) is 4.79. The summed E-state index contributed by atoms with van der Waals surface area (Å²) in [5.74, 6) is 0. The molecule has 0 saturated carbocycles. The van der Waals surface area contributed by atoms with Crippen molar-refractivity contribution in [2.75, 3.05) is 0 Å². The van der Waals surface area contributed by atoms with Gasteiger partial charge >= 0.3 is 6.18 Å². The van der Waals surface area contributed by atoms with Crippen molar-refractivity contribution in [3.05, 3.63) is 94.8 Å². The van der Waals surface area contributed by atoms with Crippen LogP contribution in [0.2, 0.25) is 5.02 Å². The smallest absolute Gasteiger partial charge is 0.298 e. The van der Waals surface area contributed by atoms with Crippen molar-refractivity contribution in [1.82, 2.24) is 9.38 Å². The van der Waals surface area contributed by atoms with Gasteiger partial charge in [0.1, 0.15) is 5.65 Å². The number of hydrogen-bond acceptors (Lipinski definition) is 2. The van der Waals surface area contributed by atoms with Crippen molar-refractivity contribution in [3.63, 3.8) is 0 Å². The number of alkyl halides is 3. The van der Waals surface area contributed by atoms with Crippen molar-refractivity contribution >= 4 is 28.9 Å². The molecule has 0 aliphatic heterocycles. The topological polar surface area (TPSA) is 41.1 Å². The quantitative estimate of drug-likeness (QED) is 0.342. The average molecular weight is 424 g/mol. The molecule has 0 bridgehead atoms. The Labute approximate surface area is 175 Å². The highest BCUT2D eigenvalue weighted by atomic mass is 35.5. The Morgan fingerprint density at radius 2 is 1.80 bits per heavy atom. The number of nitriles is 1. The van der Waals surface area contributed by atoms with E-state index in [0.29, 0.717) is 22.1 Å². The van der Waals surface area contributed by atoms with Gasteiger partial charge in [-0.1, -0.05) is 54.1 Å². The van der Waals surface area contributed by atoms with Crippen LogP contribution in [-0.4, -0.2) is 9.38 Å². The lowest BCUT2D eigenvalue weighted by atomic mass is 10.0. The van der Waals surface area contributed by atoms with Crippen LogP contribution in [0.15, 0.2) is 72.9 Å². The summed E-state index contributed by atoms with van der Waals surface area (Å²) in [7, 11) is 0. The minimum Gasteiger partial charge on any atom is -0.298 e. The highest BCUT2D eigenvalue weighted by molar-refractivity contribution is 6.30. The molecule has 0 saturated heterocycles. The van der Waals surface area contributed by atoms with Gasteiger partial charge in [-0.05, 0) is 35.9 Å². The van der Waals surface area contributed by atoms with Gasteiger partial charge in [-0.15, -0.1) is 0 Å². The molecule has 0 amide bonds. The van der Waals surface area contributed by atoms with Crippen molar-refractivity contribution in [2.45, 2.75) is 6.18 Å². The lowest BCUT2D eigenvalue weighted by Crippen LogP contribution is -2.05. The lowest BCUT2D eigenvalue weighted by molar-refractivity contribution is -0.137. The van der Waals surface area contributed by atoms with E-state index in [4.69, 9.17) is 11.6 Å². The molecule has 0 unspecified atom stereocenters. The average Bonchev–Trinajstić information content (AvgIpc) is 3.09. The van der Waals surface area contributed by atoms with Crippen LogP contribution in [0.5, 0.6) is 0 Å². The van der Waals surface area contributed by atoms with Crippen molar-refractivity contribution in [1.29, 1.82) is 5.26 Å². The van der Waals surface area contributed by atoms with Gasteiger partial charge in [0.25, 0.3) is 0 Å². The molecule has 0 N–H and O–H groups in total. The second-order valence-corrected chi connectivity index (χ2v) is 6.97. The van der Waals surface area contributed by atoms with Gasteiger partial charge in [-0.25, -0.2) is 4.98 Å². The molecule has 3 nitrogen and oxygen atoms in total. The van der Waals surface area contributed by atoms with E-state index in [2.05, 4.69) is 4.98 Å². The number of fused-ring (bicyclic) bond motifs is 1. The third kappa shape index (κ3) is 3.80. The van der Waals surface area contributed by atoms with Crippen LogP contribution in [0.3, 0.4) is 0 Å². The lowest BCUT2D eigenvalue weighted by Gasteiger charge is -2.08. The van der Waals surface area contributed by atoms with Gasteiger partial charge in [0.15, 0.2) is 0 Å². The van der Waals surface area contributed by atoms with Gasteiger partial charge < -0.3 is 0 Å². The van der Waals surface area contributed by atoms with Crippen LogP contribution in [0, 0.1) is 11.3 Å². The first-order chi connectivity index (χ1) is 14.4. The molecule has 0 fully saturated rings. The summed E-state index contributed by atoms with van der Waals surface area (Å²) in [6, 6.07) is 19.5. The molecule has 7 heteroatoms. The number of imidazole rings is 1. The maximum absolute atomic E-state index is 13.1. The van der Waals surface area contributed by atoms with E-state index >= 15 is 0 Å². The number of hydrogen-bond donors (Lipinski definition) is 0. The first-order valence-corrected chi connectivity index (χ1v) is 9.27. The monoisotopic (exact) mass is 423 g/mol. The summed E-state index contributed by atoms with van der Waals surface area (Å²) in [6.45, 7) is 0. The standard InChI is InChI=1S/C23H13ClF3N3/c24-19-9-10-21-29-22(15-5-2-1-3-6-15)20(30(21)14-19)12-17(13-28)16-7-4-8-18(11-16)23(25,26)27/h1-12,14H/b17-12+. The van der Waals surface area contributed by atoms with Crippen molar-refractivity contribution in [2.24, 2.45) is 0 Å². The molecular formula is C23H13ClF3N3. The minimum absolute atomic E-state index is 0.0834. The summed E-state index contributed by atoms with van der Waals surface area (Å²) >= 11 is 6.14. The van der Waals surface area contributed by atoms with E-state index in [-0.39, 0.29) is 11.1 Å². The predicted molar refractivity (Wildman–Crippen MR) is 111 cm³/mol. The molecule has 2 heterocycles. The Kier molecular flexibility index (Phi) is 5.06. The minimum atomic E-state index is -4.50. The maximum Gasteiger partial charge on any atom is 0.416 e. The summed E-state index contributed by atoms with van der Waals surface area (Å²) in [5, 5.41) is 10.2. The Bertz CT molecular complexity index is 1300. The van der Waals surface area contributed by atoms with E-state index in [1.165, 1.54) is 18.2 Å². The van der Waals surface area contributed by atoms with E-state index in [9.17, 15) is 18.4 Å². The first-order valence-electron chi connectivity index (χ1n) is 8.89. The summed E-state index contributed by atoms with van der Waals surface area (Å²) in [5.41, 5.74) is 2.00. The van der Waals surface area contributed by atoms with Crippen LogP contribution < -0.4 is 0 Å². The first kappa shape index (κ1) is 19.7. The highest BCUT2D eigenvalue weighted by Gasteiger charge is 2.30. The summed E-state index contributed by atoms with van der Waals surface area (Å²) < 4.78 is 41.1. The second kappa shape index (κ2) is 7.69. The predicted octanol–water partition coefficient (Wildman–Crippen LogP) is 6.74. The van der Waals surface area contributed by atoms with E-state index < -0.39 is 11.7 Å². The van der Waals surface area contributed by atoms with Gasteiger partial charge in [-0.3, -0.25) is 4.40 Å². The Hall–Kier alpha value is -3.56.